The lowest BCUT2D eigenvalue weighted by Gasteiger charge is -2.25. The number of hydrogen-bond donors (Lipinski definition) is 0. The molecule has 0 aliphatic rings. The molecule has 0 amide bonds. The number of rotatable bonds is 1. The van der Waals surface area contributed by atoms with Gasteiger partial charge in [-0.2, -0.15) is 13.2 Å². The first-order valence-corrected chi connectivity index (χ1v) is 5.27. The van der Waals surface area contributed by atoms with Crippen molar-refractivity contribution < 1.29 is 17.9 Å². The average Bonchev–Trinajstić information content (AvgIpc) is 2.12. The van der Waals surface area contributed by atoms with E-state index in [1.807, 2.05) is 0 Å². The van der Waals surface area contributed by atoms with Crippen LogP contribution in [-0.2, 0) is 11.6 Å². The van der Waals surface area contributed by atoms with Gasteiger partial charge in [-0.1, -0.05) is 32.4 Å². The van der Waals surface area contributed by atoms with E-state index in [0.717, 1.165) is 0 Å². The van der Waals surface area contributed by atoms with Gasteiger partial charge >= 0.3 is 6.18 Å². The van der Waals surface area contributed by atoms with Crippen molar-refractivity contribution in [2.75, 3.05) is 7.11 Å². The second kappa shape index (κ2) is 4.37. The molecule has 0 N–H and O–H groups in total. The third-order valence-corrected chi connectivity index (χ3v) is 2.53. The molecule has 1 aromatic rings. The van der Waals surface area contributed by atoms with Crippen LogP contribution in [0.3, 0.4) is 0 Å². The molecule has 1 aromatic heterocycles. The Labute approximate surface area is 103 Å². The van der Waals surface area contributed by atoms with Crippen LogP contribution >= 0.6 is 11.6 Å². The van der Waals surface area contributed by atoms with Crippen LogP contribution in [0, 0.1) is 0 Å². The van der Waals surface area contributed by atoms with Crippen molar-refractivity contribution in [1.29, 1.82) is 0 Å². The van der Waals surface area contributed by atoms with E-state index in [2.05, 4.69) is 4.98 Å². The fraction of sp³-hybridized carbons (Fsp3) is 0.545. The standard InChI is InChI=1S/C11H13ClF3NO/c1-10(2,3)6-5-7(17-4)16-9(12)8(6)11(13,14)15/h5H,1-4H3. The van der Waals surface area contributed by atoms with Crippen LogP contribution in [-0.4, -0.2) is 12.1 Å². The first-order valence-electron chi connectivity index (χ1n) is 4.89. The lowest BCUT2D eigenvalue weighted by atomic mass is 9.84. The summed E-state index contributed by atoms with van der Waals surface area (Å²) in [5.74, 6) is 0.0768. The van der Waals surface area contributed by atoms with Gasteiger partial charge in [-0.25, -0.2) is 4.98 Å². The number of methoxy groups -OCH3 is 1. The third-order valence-electron chi connectivity index (χ3n) is 2.25. The molecule has 6 heteroatoms. The summed E-state index contributed by atoms with van der Waals surface area (Å²) in [6.45, 7) is 5.02. The van der Waals surface area contributed by atoms with Gasteiger partial charge in [0.05, 0.1) is 12.7 Å². The largest absolute Gasteiger partial charge is 0.481 e. The maximum absolute atomic E-state index is 12.9. The van der Waals surface area contributed by atoms with Crippen molar-refractivity contribution in [3.05, 3.63) is 22.3 Å². The van der Waals surface area contributed by atoms with Gasteiger partial charge in [0, 0.05) is 6.07 Å². The highest BCUT2D eigenvalue weighted by atomic mass is 35.5. The van der Waals surface area contributed by atoms with Crippen molar-refractivity contribution in [3.8, 4) is 5.88 Å². The summed E-state index contributed by atoms with van der Waals surface area (Å²) in [6.07, 6.45) is -4.53. The molecule has 0 spiro atoms. The van der Waals surface area contributed by atoms with E-state index in [9.17, 15) is 13.2 Å². The number of hydrogen-bond acceptors (Lipinski definition) is 2. The summed E-state index contributed by atoms with van der Waals surface area (Å²) in [7, 11) is 1.33. The van der Waals surface area contributed by atoms with Gasteiger partial charge in [-0.3, -0.25) is 0 Å². The van der Waals surface area contributed by atoms with Crippen LogP contribution in [0.4, 0.5) is 13.2 Å². The van der Waals surface area contributed by atoms with Gasteiger partial charge in [0.25, 0.3) is 0 Å². The Balaban J connectivity index is 3.58. The van der Waals surface area contributed by atoms with E-state index < -0.39 is 22.3 Å². The van der Waals surface area contributed by atoms with E-state index in [1.165, 1.54) is 13.2 Å². The first-order chi connectivity index (χ1) is 7.57. The number of ether oxygens (including phenoxy) is 1. The summed E-state index contributed by atoms with van der Waals surface area (Å²) >= 11 is 5.59. The molecule has 0 aromatic carbocycles. The molecule has 17 heavy (non-hydrogen) atoms. The highest BCUT2D eigenvalue weighted by molar-refractivity contribution is 6.30. The minimum atomic E-state index is -4.53. The van der Waals surface area contributed by atoms with Gasteiger partial charge in [0.1, 0.15) is 5.15 Å². The Morgan fingerprint density at radius 1 is 1.24 bits per heavy atom. The van der Waals surface area contributed by atoms with Crippen LogP contribution in [0.15, 0.2) is 6.07 Å². The number of alkyl halides is 3. The first kappa shape index (κ1) is 14.1. The summed E-state index contributed by atoms with van der Waals surface area (Å²) < 4.78 is 43.6. The molecule has 0 bridgehead atoms. The smallest absolute Gasteiger partial charge is 0.419 e. The fourth-order valence-electron chi connectivity index (χ4n) is 1.46. The Kier molecular flexibility index (Phi) is 3.62. The van der Waals surface area contributed by atoms with E-state index in [-0.39, 0.29) is 11.4 Å². The predicted molar refractivity (Wildman–Crippen MR) is 59.5 cm³/mol. The van der Waals surface area contributed by atoms with Crippen molar-refractivity contribution in [1.82, 2.24) is 4.98 Å². The summed E-state index contributed by atoms with van der Waals surface area (Å²) in [5, 5.41) is -0.582. The zero-order valence-electron chi connectivity index (χ0n) is 9.94. The van der Waals surface area contributed by atoms with Gasteiger partial charge in [0.2, 0.25) is 5.88 Å². The number of aromatic nitrogens is 1. The van der Waals surface area contributed by atoms with E-state index in [1.54, 1.807) is 20.8 Å². The summed E-state index contributed by atoms with van der Waals surface area (Å²) in [6, 6.07) is 1.27. The fourth-order valence-corrected chi connectivity index (χ4v) is 1.75. The minimum absolute atomic E-state index is 0.0712. The molecule has 2 nitrogen and oxygen atoms in total. The van der Waals surface area contributed by atoms with E-state index in [0.29, 0.717) is 0 Å². The van der Waals surface area contributed by atoms with E-state index >= 15 is 0 Å². The van der Waals surface area contributed by atoms with Crippen LogP contribution < -0.4 is 4.74 Å². The van der Waals surface area contributed by atoms with Gasteiger partial charge < -0.3 is 4.74 Å². The molecular weight excluding hydrogens is 255 g/mol. The van der Waals surface area contributed by atoms with Gasteiger partial charge in [-0.05, 0) is 11.0 Å². The summed E-state index contributed by atoms with van der Waals surface area (Å²) in [5.41, 5.74) is -1.53. The van der Waals surface area contributed by atoms with Crippen LogP contribution in [0.2, 0.25) is 5.15 Å². The second-order valence-electron chi connectivity index (χ2n) is 4.63. The molecule has 0 radical (unpaired) electrons. The van der Waals surface area contributed by atoms with Crippen molar-refractivity contribution in [3.63, 3.8) is 0 Å². The maximum Gasteiger partial charge on any atom is 0.419 e. The molecule has 0 aliphatic carbocycles. The number of nitrogens with zero attached hydrogens (tertiary/aromatic N) is 1. The Bertz CT molecular complexity index is 424. The zero-order chi connectivity index (χ0) is 13.4. The predicted octanol–water partition coefficient (Wildman–Crippen LogP) is 4.06. The number of halogens is 4. The molecule has 0 atom stereocenters. The quantitative estimate of drug-likeness (QED) is 0.716. The van der Waals surface area contributed by atoms with Crippen molar-refractivity contribution in [2.45, 2.75) is 32.4 Å². The van der Waals surface area contributed by atoms with Crippen LogP contribution in [0.5, 0.6) is 5.88 Å². The topological polar surface area (TPSA) is 22.1 Å². The lowest BCUT2D eigenvalue weighted by molar-refractivity contribution is -0.138. The van der Waals surface area contributed by atoms with Gasteiger partial charge in [-0.15, -0.1) is 0 Å². The lowest BCUT2D eigenvalue weighted by Crippen LogP contribution is -2.21. The molecule has 0 aliphatic heterocycles. The normalized spacial score (nSPS) is 12.7. The average molecular weight is 268 g/mol. The molecule has 0 fully saturated rings. The Hall–Kier alpha value is -0.970. The molecule has 96 valence electrons. The van der Waals surface area contributed by atoms with Crippen LogP contribution in [0.1, 0.15) is 31.9 Å². The molecular formula is C11H13ClF3NO. The highest BCUT2D eigenvalue weighted by Crippen LogP contribution is 2.42. The van der Waals surface area contributed by atoms with Crippen molar-refractivity contribution >= 4 is 11.6 Å². The van der Waals surface area contributed by atoms with Crippen LogP contribution in [0.25, 0.3) is 0 Å². The van der Waals surface area contributed by atoms with Gasteiger partial charge in [0.15, 0.2) is 0 Å². The maximum atomic E-state index is 12.9. The molecule has 0 saturated carbocycles. The SMILES string of the molecule is COc1cc(C(C)(C)C)c(C(F)(F)F)c(Cl)n1. The Morgan fingerprint density at radius 3 is 2.12 bits per heavy atom. The second-order valence-corrected chi connectivity index (χ2v) is 4.98. The molecule has 1 rings (SSSR count). The van der Waals surface area contributed by atoms with Crippen molar-refractivity contribution in [2.24, 2.45) is 0 Å². The molecule has 0 unspecified atom stereocenters. The molecule has 0 saturated heterocycles. The highest BCUT2D eigenvalue weighted by Gasteiger charge is 2.40. The monoisotopic (exact) mass is 267 g/mol. The zero-order valence-corrected chi connectivity index (χ0v) is 10.7. The number of pyridine rings is 1. The molecule has 1 heterocycles. The summed E-state index contributed by atoms with van der Waals surface area (Å²) in [4.78, 5) is 3.56. The Morgan fingerprint density at radius 2 is 1.76 bits per heavy atom. The third kappa shape index (κ3) is 3.03. The van der Waals surface area contributed by atoms with E-state index in [4.69, 9.17) is 16.3 Å². The minimum Gasteiger partial charge on any atom is -0.481 e.